The highest BCUT2D eigenvalue weighted by atomic mass is 16.6. The van der Waals surface area contributed by atoms with Crippen LogP contribution in [-0.2, 0) is 34.0 Å². The van der Waals surface area contributed by atoms with Gasteiger partial charge in [0.25, 0.3) is 0 Å². The number of benzene rings is 2. The maximum Gasteiger partial charge on any atom is 0.349 e. The number of rotatable bonds is 1. The summed E-state index contributed by atoms with van der Waals surface area (Å²) in [6, 6.07) is 2.52. The Morgan fingerprint density at radius 2 is 1.56 bits per heavy atom. The third-order valence-corrected chi connectivity index (χ3v) is 8.46. The van der Waals surface area contributed by atoms with Gasteiger partial charge in [-0.3, -0.25) is 19.2 Å². The van der Waals surface area contributed by atoms with Crippen LogP contribution in [0.15, 0.2) is 17.7 Å². The molecular formula is C28H18O11. The first-order chi connectivity index (χ1) is 18.4. The van der Waals surface area contributed by atoms with Crippen molar-refractivity contribution in [2.75, 3.05) is 6.61 Å². The van der Waals surface area contributed by atoms with Gasteiger partial charge in [-0.05, 0) is 53.8 Å². The number of hydrogen-bond acceptors (Lipinski definition) is 11. The number of hydrogen-bond donors (Lipinski definition) is 2. The average Bonchev–Trinajstić information content (AvgIpc) is 3.04. The van der Waals surface area contributed by atoms with Crippen LogP contribution >= 0.6 is 0 Å². The lowest BCUT2D eigenvalue weighted by Gasteiger charge is -2.46. The van der Waals surface area contributed by atoms with Crippen molar-refractivity contribution in [3.05, 3.63) is 62.2 Å². The number of Topliss-reactive ketones (excluding diaryl/α,β-unsaturated/α-hetero) is 2. The number of phenols is 2. The first-order valence-corrected chi connectivity index (χ1v) is 12.1. The number of ether oxygens (including phenoxy) is 3. The van der Waals surface area contributed by atoms with Crippen molar-refractivity contribution in [1.82, 2.24) is 0 Å². The average molecular weight is 530 g/mol. The molecule has 2 aliphatic heterocycles. The summed E-state index contributed by atoms with van der Waals surface area (Å²) < 4.78 is 16.0. The molecule has 2 aromatic carbocycles. The molecule has 2 bridgehead atoms. The molecule has 39 heavy (non-hydrogen) atoms. The van der Waals surface area contributed by atoms with Crippen LogP contribution in [0.1, 0.15) is 71.7 Å². The minimum absolute atomic E-state index is 0.00228. The van der Waals surface area contributed by atoms with Gasteiger partial charge >= 0.3 is 23.9 Å². The van der Waals surface area contributed by atoms with Crippen LogP contribution in [0.2, 0.25) is 0 Å². The minimum atomic E-state index is -1.73. The summed E-state index contributed by atoms with van der Waals surface area (Å²) in [5, 5.41) is 21.4. The zero-order valence-electron chi connectivity index (χ0n) is 20.7. The lowest BCUT2D eigenvalue weighted by molar-refractivity contribution is -0.152. The van der Waals surface area contributed by atoms with Gasteiger partial charge in [0.2, 0.25) is 0 Å². The fourth-order valence-electron chi connectivity index (χ4n) is 7.28. The summed E-state index contributed by atoms with van der Waals surface area (Å²) in [6.07, 6.45) is -1.37. The first kappa shape index (κ1) is 23.3. The van der Waals surface area contributed by atoms with Gasteiger partial charge in [-0.25, -0.2) is 9.59 Å². The lowest BCUT2D eigenvalue weighted by Crippen LogP contribution is -2.56. The smallest absolute Gasteiger partial charge is 0.349 e. The van der Waals surface area contributed by atoms with E-state index in [1.807, 2.05) is 0 Å². The maximum atomic E-state index is 14.4. The fraction of sp³-hybridized carbons (Fsp3) is 0.286. The molecule has 11 heteroatoms. The number of ketones is 2. The normalized spacial score (nSPS) is 27.5. The summed E-state index contributed by atoms with van der Waals surface area (Å²) in [4.78, 5) is 79.7. The van der Waals surface area contributed by atoms with Crippen molar-refractivity contribution in [1.29, 1.82) is 0 Å². The van der Waals surface area contributed by atoms with Gasteiger partial charge in [-0.15, -0.1) is 0 Å². The molecule has 0 saturated carbocycles. The van der Waals surface area contributed by atoms with E-state index >= 15 is 0 Å². The van der Waals surface area contributed by atoms with Gasteiger partial charge in [0.1, 0.15) is 41.3 Å². The Morgan fingerprint density at radius 1 is 0.923 bits per heavy atom. The van der Waals surface area contributed by atoms with Gasteiger partial charge in [0.15, 0.2) is 11.6 Å². The first-order valence-electron chi connectivity index (χ1n) is 12.1. The van der Waals surface area contributed by atoms with Crippen LogP contribution in [0.4, 0.5) is 0 Å². The molecule has 2 heterocycles. The number of cyclic esters (lactones) is 3. The summed E-state index contributed by atoms with van der Waals surface area (Å²) >= 11 is 0. The molecule has 2 N–H and O–H groups in total. The number of carbonyl (C=O) groups is 6. The summed E-state index contributed by atoms with van der Waals surface area (Å²) in [5.41, 5.74) is -1.48. The van der Waals surface area contributed by atoms with Crippen LogP contribution in [0.25, 0.3) is 5.57 Å². The van der Waals surface area contributed by atoms with Crippen molar-refractivity contribution in [3.8, 4) is 11.5 Å². The number of phenolic OH excluding ortho intramolecular Hbond substituents is 2. The van der Waals surface area contributed by atoms with E-state index in [0.717, 1.165) is 6.92 Å². The Balaban J connectivity index is 1.69. The summed E-state index contributed by atoms with van der Waals surface area (Å²) in [5.74, 6) is -9.32. The van der Waals surface area contributed by atoms with E-state index < -0.39 is 76.9 Å². The third-order valence-electron chi connectivity index (χ3n) is 8.46. The predicted molar refractivity (Wildman–Crippen MR) is 126 cm³/mol. The van der Waals surface area contributed by atoms with Crippen LogP contribution in [0.3, 0.4) is 0 Å². The lowest BCUT2D eigenvalue weighted by atomic mass is 9.61. The van der Waals surface area contributed by atoms with Crippen LogP contribution in [0, 0.1) is 19.8 Å². The Bertz CT molecular complexity index is 1740. The van der Waals surface area contributed by atoms with Crippen molar-refractivity contribution >= 4 is 41.0 Å². The molecule has 0 aromatic heterocycles. The summed E-state index contributed by atoms with van der Waals surface area (Å²) in [6.45, 7) is 3.76. The molecule has 0 saturated heterocycles. The molecule has 3 aliphatic carbocycles. The minimum Gasteiger partial charge on any atom is -0.507 e. The quantitative estimate of drug-likeness (QED) is 0.312. The predicted octanol–water partition coefficient (Wildman–Crippen LogP) is 1.70. The zero-order chi connectivity index (χ0) is 27.9. The highest BCUT2D eigenvalue weighted by Crippen LogP contribution is 2.65. The number of carbonyl (C=O) groups excluding carboxylic acids is 6. The molecule has 5 aliphatic rings. The standard InChI is InChI=1S/C28H18O11/c1-7-4-10(30)14-16-12(7)17-18-22(32)13-8(2)5-11(31)15-20(13)28(6-37-25(15)34,24(18)38-9(3)29)21(17)23(33)19(16)27(36)39-26(14)35/h4-5,18-19,24,30-31H,6H2,1-3H3. The number of aryl methyl sites for hydroxylation is 2. The van der Waals surface area contributed by atoms with Gasteiger partial charge in [-0.1, -0.05) is 0 Å². The van der Waals surface area contributed by atoms with Gasteiger partial charge < -0.3 is 24.4 Å². The van der Waals surface area contributed by atoms with E-state index in [1.165, 1.54) is 12.1 Å². The Morgan fingerprint density at radius 3 is 2.23 bits per heavy atom. The molecule has 7 rings (SSSR count). The second-order valence-electron chi connectivity index (χ2n) is 10.4. The van der Waals surface area contributed by atoms with E-state index in [9.17, 15) is 39.0 Å². The van der Waals surface area contributed by atoms with E-state index in [1.54, 1.807) is 13.8 Å². The second kappa shape index (κ2) is 6.99. The molecule has 0 amide bonds. The van der Waals surface area contributed by atoms with E-state index in [4.69, 9.17) is 14.2 Å². The van der Waals surface area contributed by atoms with E-state index in [2.05, 4.69) is 0 Å². The number of fused-ring (bicyclic) bond motifs is 3. The molecule has 0 radical (unpaired) electrons. The second-order valence-corrected chi connectivity index (χ2v) is 10.4. The monoisotopic (exact) mass is 530 g/mol. The molecule has 1 spiro atoms. The van der Waals surface area contributed by atoms with Crippen molar-refractivity contribution < 1.29 is 53.2 Å². The van der Waals surface area contributed by atoms with Crippen LogP contribution in [-0.4, -0.2) is 58.4 Å². The Hall–Kier alpha value is -4.80. The zero-order valence-corrected chi connectivity index (χ0v) is 20.7. The molecule has 0 fully saturated rings. The van der Waals surface area contributed by atoms with Crippen LogP contribution < -0.4 is 0 Å². The molecule has 11 nitrogen and oxygen atoms in total. The molecular weight excluding hydrogens is 512 g/mol. The highest BCUT2D eigenvalue weighted by Gasteiger charge is 2.71. The highest BCUT2D eigenvalue weighted by molar-refractivity contribution is 6.30. The van der Waals surface area contributed by atoms with Gasteiger partial charge in [0.05, 0.1) is 11.3 Å². The molecule has 196 valence electrons. The molecule has 2 aromatic rings. The van der Waals surface area contributed by atoms with Crippen molar-refractivity contribution in [3.63, 3.8) is 0 Å². The van der Waals surface area contributed by atoms with Crippen molar-refractivity contribution in [2.45, 2.75) is 38.2 Å². The molecule has 4 atom stereocenters. The SMILES string of the molecule is CC(=O)OC1C2C(=O)c3c(C)cc(O)c4c3C1(COC4=O)C1=C2c2c(C)cc(O)c3c2C(C(=O)OC3=O)C1=O. The van der Waals surface area contributed by atoms with E-state index in [-0.39, 0.29) is 44.5 Å². The van der Waals surface area contributed by atoms with Gasteiger partial charge in [0, 0.05) is 23.6 Å². The van der Waals surface area contributed by atoms with Crippen molar-refractivity contribution in [2.24, 2.45) is 5.92 Å². The Labute approximate surface area is 219 Å². The largest absolute Gasteiger partial charge is 0.507 e. The Kier molecular flexibility index (Phi) is 4.18. The maximum absolute atomic E-state index is 14.4. The van der Waals surface area contributed by atoms with Crippen LogP contribution in [0.5, 0.6) is 11.5 Å². The fourth-order valence-corrected chi connectivity index (χ4v) is 7.28. The number of aromatic hydroxyl groups is 2. The van der Waals surface area contributed by atoms with E-state index in [0.29, 0.717) is 11.1 Å². The molecule has 4 unspecified atom stereocenters. The number of esters is 4. The topological polar surface area (TPSA) is 171 Å². The van der Waals surface area contributed by atoms with Gasteiger partial charge in [-0.2, -0.15) is 0 Å². The summed E-state index contributed by atoms with van der Waals surface area (Å²) in [7, 11) is 0. The third kappa shape index (κ3) is 2.44.